The van der Waals surface area contributed by atoms with Gasteiger partial charge < -0.3 is 14.4 Å². The molecule has 0 aliphatic carbocycles. The van der Waals surface area contributed by atoms with Crippen LogP contribution in [0.2, 0.25) is 0 Å². The molecule has 4 atom stereocenters. The van der Waals surface area contributed by atoms with Gasteiger partial charge in [0.25, 0.3) is 0 Å². The van der Waals surface area contributed by atoms with Gasteiger partial charge in [0.2, 0.25) is 5.91 Å². The lowest BCUT2D eigenvalue weighted by molar-refractivity contribution is -0.153. The van der Waals surface area contributed by atoms with Crippen molar-refractivity contribution in [2.75, 3.05) is 19.7 Å². The van der Waals surface area contributed by atoms with Crippen LogP contribution in [0.25, 0.3) is 0 Å². The Morgan fingerprint density at radius 1 is 1.60 bits per heavy atom. The van der Waals surface area contributed by atoms with Crippen LogP contribution in [0.3, 0.4) is 0 Å². The Bertz CT molecular complexity index is 472. The molecule has 110 valence electrons. The number of hydrogen-bond donors (Lipinski definition) is 0. The average Bonchev–Trinajstić information content (AvgIpc) is 2.98. The molecule has 5 heteroatoms. The maximum Gasteiger partial charge on any atom is 0.312 e. The lowest BCUT2D eigenvalue weighted by Crippen LogP contribution is -2.40. The molecule has 0 radical (unpaired) electrons. The first-order chi connectivity index (χ1) is 9.48. The van der Waals surface area contributed by atoms with Gasteiger partial charge in [-0.05, 0) is 12.8 Å². The van der Waals surface area contributed by atoms with Crippen molar-refractivity contribution in [3.8, 4) is 0 Å². The fourth-order valence-corrected chi connectivity index (χ4v) is 3.68. The van der Waals surface area contributed by atoms with Crippen molar-refractivity contribution in [3.05, 3.63) is 12.2 Å². The predicted octanol–water partition coefficient (Wildman–Crippen LogP) is 0.987. The Kier molecular flexibility index (Phi) is 3.12. The van der Waals surface area contributed by atoms with Crippen molar-refractivity contribution < 1.29 is 19.1 Å². The molecule has 20 heavy (non-hydrogen) atoms. The number of nitrogens with zero attached hydrogens (tertiary/aromatic N) is 1. The summed E-state index contributed by atoms with van der Waals surface area (Å²) in [5.41, 5.74) is -0.603. The first-order valence-electron chi connectivity index (χ1n) is 7.31. The first-order valence-corrected chi connectivity index (χ1v) is 7.31. The van der Waals surface area contributed by atoms with Crippen molar-refractivity contribution in [1.82, 2.24) is 4.90 Å². The number of fused-ring (bicyclic) bond motifs is 1. The SMILES string of the molecule is CCOC(=O)[C@@H]1[C@H]2C=C[C@@]3(CN(CC(C)C)C(=O)[C@@H]13)O2. The maximum absolute atomic E-state index is 12.6. The molecular weight excluding hydrogens is 258 g/mol. The zero-order valence-corrected chi connectivity index (χ0v) is 12.2. The lowest BCUT2D eigenvalue weighted by atomic mass is 9.77. The summed E-state index contributed by atoms with van der Waals surface area (Å²) in [6.07, 6.45) is 3.57. The summed E-state index contributed by atoms with van der Waals surface area (Å²) in [7, 11) is 0. The molecule has 0 aromatic heterocycles. The number of rotatable bonds is 4. The molecule has 3 rings (SSSR count). The number of carbonyl (C=O) groups excluding carboxylic acids is 2. The Balaban J connectivity index is 1.87. The Labute approximate surface area is 118 Å². The van der Waals surface area contributed by atoms with E-state index < -0.39 is 17.4 Å². The molecular formula is C15H21NO4. The summed E-state index contributed by atoms with van der Waals surface area (Å²) in [6.45, 7) is 7.52. The Morgan fingerprint density at radius 3 is 3.00 bits per heavy atom. The van der Waals surface area contributed by atoms with E-state index in [4.69, 9.17) is 9.47 Å². The zero-order chi connectivity index (χ0) is 14.5. The van der Waals surface area contributed by atoms with Crippen LogP contribution in [0, 0.1) is 17.8 Å². The van der Waals surface area contributed by atoms with Crippen LogP contribution in [0.15, 0.2) is 12.2 Å². The van der Waals surface area contributed by atoms with E-state index in [2.05, 4.69) is 13.8 Å². The van der Waals surface area contributed by atoms with Crippen molar-refractivity contribution in [2.24, 2.45) is 17.8 Å². The van der Waals surface area contributed by atoms with Crippen LogP contribution in [0.1, 0.15) is 20.8 Å². The van der Waals surface area contributed by atoms with Crippen molar-refractivity contribution in [2.45, 2.75) is 32.5 Å². The third kappa shape index (κ3) is 1.79. The summed E-state index contributed by atoms with van der Waals surface area (Å²) in [4.78, 5) is 26.6. The standard InChI is InChI=1S/C15H21NO4/c1-4-19-14(18)11-10-5-6-15(20-10)8-16(7-9(2)3)13(17)12(11)15/h5-6,9-12H,4,7-8H2,1-3H3/t10-,11-,12-,15+/m1/s1. The molecule has 2 fully saturated rings. The molecule has 0 N–H and O–H groups in total. The fraction of sp³-hybridized carbons (Fsp3) is 0.733. The van der Waals surface area contributed by atoms with Gasteiger partial charge in [0, 0.05) is 6.54 Å². The van der Waals surface area contributed by atoms with Gasteiger partial charge in [0.1, 0.15) is 11.5 Å². The highest BCUT2D eigenvalue weighted by molar-refractivity contribution is 5.91. The van der Waals surface area contributed by atoms with Crippen LogP contribution in [0.4, 0.5) is 0 Å². The van der Waals surface area contributed by atoms with Gasteiger partial charge >= 0.3 is 5.97 Å². The van der Waals surface area contributed by atoms with E-state index >= 15 is 0 Å². The summed E-state index contributed by atoms with van der Waals surface area (Å²) in [5, 5.41) is 0. The van der Waals surface area contributed by atoms with E-state index in [-0.39, 0.29) is 18.0 Å². The number of esters is 1. The number of carbonyl (C=O) groups is 2. The molecule has 0 saturated carbocycles. The molecule has 0 unspecified atom stereocenters. The van der Waals surface area contributed by atoms with E-state index in [1.165, 1.54) is 0 Å². The summed E-state index contributed by atoms with van der Waals surface area (Å²) >= 11 is 0. The van der Waals surface area contributed by atoms with Gasteiger partial charge in [-0.2, -0.15) is 0 Å². The highest BCUT2D eigenvalue weighted by Gasteiger charge is 2.67. The monoisotopic (exact) mass is 279 g/mol. The minimum Gasteiger partial charge on any atom is -0.466 e. The highest BCUT2D eigenvalue weighted by atomic mass is 16.6. The summed E-state index contributed by atoms with van der Waals surface area (Å²) < 4.78 is 11.1. The topological polar surface area (TPSA) is 55.8 Å². The highest BCUT2D eigenvalue weighted by Crippen LogP contribution is 2.52. The van der Waals surface area contributed by atoms with Crippen LogP contribution < -0.4 is 0 Å². The molecule has 0 aromatic rings. The predicted molar refractivity (Wildman–Crippen MR) is 71.8 cm³/mol. The third-order valence-electron chi connectivity index (χ3n) is 4.32. The smallest absolute Gasteiger partial charge is 0.312 e. The van der Waals surface area contributed by atoms with Crippen molar-refractivity contribution in [1.29, 1.82) is 0 Å². The third-order valence-corrected chi connectivity index (χ3v) is 4.32. The van der Waals surface area contributed by atoms with Crippen LogP contribution in [-0.2, 0) is 19.1 Å². The fourth-order valence-electron chi connectivity index (χ4n) is 3.68. The molecule has 0 aromatic carbocycles. The van der Waals surface area contributed by atoms with E-state index in [0.29, 0.717) is 25.6 Å². The lowest BCUT2D eigenvalue weighted by Gasteiger charge is -2.22. The Morgan fingerprint density at radius 2 is 2.35 bits per heavy atom. The second-order valence-electron chi connectivity index (χ2n) is 6.26. The van der Waals surface area contributed by atoms with E-state index in [1.54, 1.807) is 6.92 Å². The quantitative estimate of drug-likeness (QED) is 0.569. The average molecular weight is 279 g/mol. The minimum absolute atomic E-state index is 0.0311. The molecule has 1 amide bonds. The molecule has 3 aliphatic heterocycles. The van der Waals surface area contributed by atoms with E-state index in [0.717, 1.165) is 0 Å². The van der Waals surface area contributed by atoms with Crippen LogP contribution in [-0.4, -0.2) is 48.2 Å². The van der Waals surface area contributed by atoms with E-state index in [1.807, 2.05) is 17.1 Å². The molecule has 3 aliphatic rings. The number of hydrogen-bond acceptors (Lipinski definition) is 4. The number of amides is 1. The van der Waals surface area contributed by atoms with Gasteiger partial charge in [0.15, 0.2) is 0 Å². The van der Waals surface area contributed by atoms with Gasteiger partial charge in [-0.1, -0.05) is 26.0 Å². The normalized spacial score (nSPS) is 37.9. The molecule has 2 saturated heterocycles. The van der Waals surface area contributed by atoms with E-state index in [9.17, 15) is 9.59 Å². The van der Waals surface area contributed by atoms with Gasteiger partial charge in [0.05, 0.1) is 25.2 Å². The minimum atomic E-state index is -0.603. The largest absolute Gasteiger partial charge is 0.466 e. The second kappa shape index (κ2) is 4.58. The number of likely N-dealkylation sites (tertiary alicyclic amines) is 1. The van der Waals surface area contributed by atoms with Crippen molar-refractivity contribution in [3.63, 3.8) is 0 Å². The summed E-state index contributed by atoms with van der Waals surface area (Å²) in [5.74, 6) is -0.770. The summed E-state index contributed by atoms with van der Waals surface area (Å²) in [6, 6.07) is 0. The molecule has 3 heterocycles. The van der Waals surface area contributed by atoms with Gasteiger partial charge in [-0.3, -0.25) is 9.59 Å². The first kappa shape index (κ1) is 13.6. The van der Waals surface area contributed by atoms with Gasteiger partial charge in [-0.15, -0.1) is 0 Å². The van der Waals surface area contributed by atoms with Crippen LogP contribution >= 0.6 is 0 Å². The number of ether oxygens (including phenoxy) is 2. The molecule has 2 bridgehead atoms. The zero-order valence-electron chi connectivity index (χ0n) is 12.2. The van der Waals surface area contributed by atoms with Crippen LogP contribution in [0.5, 0.6) is 0 Å². The van der Waals surface area contributed by atoms with Crippen molar-refractivity contribution >= 4 is 11.9 Å². The molecule has 5 nitrogen and oxygen atoms in total. The molecule has 1 spiro atoms. The Hall–Kier alpha value is -1.36. The second-order valence-corrected chi connectivity index (χ2v) is 6.26. The van der Waals surface area contributed by atoms with Gasteiger partial charge in [-0.25, -0.2) is 0 Å². The maximum atomic E-state index is 12.6.